The van der Waals surface area contributed by atoms with E-state index in [1.54, 1.807) is 0 Å². The van der Waals surface area contributed by atoms with Crippen molar-refractivity contribution in [2.45, 2.75) is 19.6 Å². The highest BCUT2D eigenvalue weighted by Crippen LogP contribution is 1.75. The van der Waals surface area contributed by atoms with Gasteiger partial charge in [0.2, 0.25) is 6.29 Å². The van der Waals surface area contributed by atoms with Crippen molar-refractivity contribution in [2.24, 2.45) is 0 Å². The fraction of sp³-hybridized carbons (Fsp3) is 0.800. The van der Waals surface area contributed by atoms with Gasteiger partial charge in [0.1, 0.15) is 0 Å². The van der Waals surface area contributed by atoms with Gasteiger partial charge in [-0.15, -0.1) is 0 Å². The van der Waals surface area contributed by atoms with Gasteiger partial charge in [-0.3, -0.25) is 4.79 Å². The molecule has 4 nitrogen and oxygen atoms in total. The third-order valence-corrected chi connectivity index (χ3v) is 0.784. The van der Waals surface area contributed by atoms with Crippen LogP contribution in [-0.2, 0) is 4.79 Å². The van der Waals surface area contributed by atoms with Gasteiger partial charge in [0.15, 0.2) is 0 Å². The maximum absolute atomic E-state index is 10.3. The van der Waals surface area contributed by atoms with E-state index in [9.17, 15) is 4.79 Å². The molecule has 0 aromatic rings. The lowest BCUT2D eigenvalue weighted by molar-refractivity contribution is -0.147. The Kier molecular flexibility index (Phi) is 4.00. The molecule has 0 aliphatic heterocycles. The summed E-state index contributed by atoms with van der Waals surface area (Å²) >= 11 is 0. The molecule has 0 atom stereocenters. The second-order valence-corrected chi connectivity index (χ2v) is 1.66. The van der Waals surface area contributed by atoms with Crippen molar-refractivity contribution in [2.75, 3.05) is 6.54 Å². The minimum atomic E-state index is -1.88. The molecule has 0 aromatic heterocycles. The van der Waals surface area contributed by atoms with E-state index in [0.717, 1.165) is 6.42 Å². The molecular formula is C5H11NO3. The number of carbonyl (C=O) groups excluding carboxylic acids is 1. The van der Waals surface area contributed by atoms with Crippen LogP contribution >= 0.6 is 0 Å². The Bertz CT molecular complexity index is 92.2. The summed E-state index contributed by atoms with van der Waals surface area (Å²) in [6, 6.07) is 0. The van der Waals surface area contributed by atoms with Crippen LogP contribution in [-0.4, -0.2) is 29.0 Å². The van der Waals surface area contributed by atoms with Crippen molar-refractivity contribution >= 4 is 5.91 Å². The summed E-state index contributed by atoms with van der Waals surface area (Å²) in [5, 5.41) is 18.7. The fourth-order valence-electron chi connectivity index (χ4n) is 0.339. The molecular weight excluding hydrogens is 122 g/mol. The van der Waals surface area contributed by atoms with Crippen LogP contribution in [0, 0.1) is 0 Å². The largest absolute Gasteiger partial charge is 0.361 e. The minimum absolute atomic E-state index is 0.483. The fourth-order valence-corrected chi connectivity index (χ4v) is 0.339. The van der Waals surface area contributed by atoms with Crippen molar-refractivity contribution in [3.8, 4) is 0 Å². The molecule has 0 spiro atoms. The summed E-state index contributed by atoms with van der Waals surface area (Å²) in [6.45, 7) is 2.36. The lowest BCUT2D eigenvalue weighted by Crippen LogP contribution is -2.34. The van der Waals surface area contributed by atoms with Crippen molar-refractivity contribution in [1.82, 2.24) is 5.32 Å². The number of amides is 1. The first kappa shape index (κ1) is 8.39. The molecule has 4 heteroatoms. The van der Waals surface area contributed by atoms with Gasteiger partial charge in [-0.05, 0) is 6.42 Å². The molecule has 0 rings (SSSR count). The number of carbonyl (C=O) groups is 1. The zero-order chi connectivity index (χ0) is 7.28. The molecule has 0 saturated carbocycles. The average Bonchev–Trinajstić information content (AvgIpc) is 1.82. The second kappa shape index (κ2) is 4.29. The highest BCUT2D eigenvalue weighted by atomic mass is 16.5. The Labute approximate surface area is 53.5 Å². The van der Waals surface area contributed by atoms with Crippen LogP contribution in [0.2, 0.25) is 0 Å². The van der Waals surface area contributed by atoms with Crippen LogP contribution in [0.15, 0.2) is 0 Å². The third-order valence-electron chi connectivity index (χ3n) is 0.784. The quantitative estimate of drug-likeness (QED) is 0.424. The molecule has 0 aromatic carbocycles. The van der Waals surface area contributed by atoms with E-state index in [1.807, 2.05) is 6.92 Å². The van der Waals surface area contributed by atoms with Crippen molar-refractivity contribution in [1.29, 1.82) is 0 Å². The van der Waals surface area contributed by atoms with Gasteiger partial charge >= 0.3 is 0 Å². The van der Waals surface area contributed by atoms with Crippen LogP contribution < -0.4 is 5.32 Å². The maximum atomic E-state index is 10.3. The average molecular weight is 133 g/mol. The number of hydrogen-bond donors (Lipinski definition) is 3. The monoisotopic (exact) mass is 133 g/mol. The van der Waals surface area contributed by atoms with E-state index in [4.69, 9.17) is 10.2 Å². The van der Waals surface area contributed by atoms with Crippen LogP contribution in [0.25, 0.3) is 0 Å². The Balaban J connectivity index is 3.28. The van der Waals surface area contributed by atoms with E-state index < -0.39 is 12.2 Å². The van der Waals surface area contributed by atoms with Gasteiger partial charge in [0, 0.05) is 6.54 Å². The summed E-state index contributed by atoms with van der Waals surface area (Å²) in [7, 11) is 0. The Morgan fingerprint density at radius 1 is 1.67 bits per heavy atom. The Hall–Kier alpha value is -0.610. The van der Waals surface area contributed by atoms with E-state index in [-0.39, 0.29) is 0 Å². The van der Waals surface area contributed by atoms with Gasteiger partial charge in [-0.1, -0.05) is 6.92 Å². The number of hydrogen-bond acceptors (Lipinski definition) is 3. The zero-order valence-corrected chi connectivity index (χ0v) is 5.29. The van der Waals surface area contributed by atoms with E-state index in [0.29, 0.717) is 6.54 Å². The van der Waals surface area contributed by atoms with E-state index in [2.05, 4.69) is 5.32 Å². The molecule has 0 heterocycles. The number of nitrogens with one attached hydrogen (secondary N) is 1. The second-order valence-electron chi connectivity index (χ2n) is 1.66. The Morgan fingerprint density at radius 3 is 2.56 bits per heavy atom. The zero-order valence-electron chi connectivity index (χ0n) is 5.29. The van der Waals surface area contributed by atoms with Gasteiger partial charge in [-0.2, -0.15) is 0 Å². The summed E-state index contributed by atoms with van der Waals surface area (Å²) in [4.78, 5) is 10.3. The topological polar surface area (TPSA) is 69.6 Å². The molecule has 9 heavy (non-hydrogen) atoms. The van der Waals surface area contributed by atoms with Crippen molar-refractivity contribution in [3.63, 3.8) is 0 Å². The van der Waals surface area contributed by atoms with Crippen LogP contribution in [0.5, 0.6) is 0 Å². The van der Waals surface area contributed by atoms with E-state index >= 15 is 0 Å². The maximum Gasteiger partial charge on any atom is 0.276 e. The lowest BCUT2D eigenvalue weighted by Gasteiger charge is -2.02. The SMILES string of the molecule is CCCNC(=O)C(O)O. The van der Waals surface area contributed by atoms with Crippen LogP contribution in [0.1, 0.15) is 13.3 Å². The molecule has 0 bridgehead atoms. The minimum Gasteiger partial charge on any atom is -0.361 e. The smallest absolute Gasteiger partial charge is 0.276 e. The Morgan fingerprint density at radius 2 is 2.22 bits per heavy atom. The summed E-state index contributed by atoms with van der Waals surface area (Å²) in [6.07, 6.45) is -1.09. The molecule has 0 aliphatic rings. The predicted octanol–water partition coefficient (Wildman–Crippen LogP) is -1.18. The predicted molar refractivity (Wildman–Crippen MR) is 31.5 cm³/mol. The first-order valence-corrected chi connectivity index (χ1v) is 2.82. The van der Waals surface area contributed by atoms with Crippen LogP contribution in [0.3, 0.4) is 0 Å². The summed E-state index contributed by atoms with van der Waals surface area (Å²) in [5.74, 6) is -0.739. The molecule has 1 amide bonds. The summed E-state index contributed by atoms with van der Waals surface area (Å²) in [5.41, 5.74) is 0. The van der Waals surface area contributed by atoms with Crippen molar-refractivity contribution in [3.05, 3.63) is 0 Å². The number of rotatable bonds is 3. The molecule has 0 aliphatic carbocycles. The van der Waals surface area contributed by atoms with Gasteiger partial charge in [-0.25, -0.2) is 0 Å². The third kappa shape index (κ3) is 3.93. The first-order valence-electron chi connectivity index (χ1n) is 2.82. The van der Waals surface area contributed by atoms with Gasteiger partial charge in [0.05, 0.1) is 0 Å². The lowest BCUT2D eigenvalue weighted by atomic mass is 10.4. The molecule has 0 fully saturated rings. The summed E-state index contributed by atoms with van der Waals surface area (Å²) < 4.78 is 0. The molecule has 0 unspecified atom stereocenters. The van der Waals surface area contributed by atoms with Crippen molar-refractivity contribution < 1.29 is 15.0 Å². The van der Waals surface area contributed by atoms with Gasteiger partial charge in [0.25, 0.3) is 5.91 Å². The molecule has 3 N–H and O–H groups in total. The molecule has 54 valence electrons. The first-order chi connectivity index (χ1) is 4.18. The standard InChI is InChI=1S/C5H11NO3/c1-2-3-6-4(7)5(8)9/h5,8-9H,2-3H2,1H3,(H,6,7). The molecule has 0 radical (unpaired) electrons. The number of aliphatic hydroxyl groups is 2. The van der Waals surface area contributed by atoms with Gasteiger partial charge < -0.3 is 15.5 Å². The van der Waals surface area contributed by atoms with E-state index in [1.165, 1.54) is 0 Å². The normalized spacial score (nSPS) is 9.78. The van der Waals surface area contributed by atoms with Crippen LogP contribution in [0.4, 0.5) is 0 Å². The molecule has 0 saturated heterocycles. The number of aliphatic hydroxyl groups excluding tert-OH is 1. The highest BCUT2D eigenvalue weighted by molar-refractivity contribution is 5.78. The highest BCUT2D eigenvalue weighted by Gasteiger charge is 2.07.